The van der Waals surface area contributed by atoms with Crippen LogP contribution in [0.25, 0.3) is 0 Å². The number of halogens is 2. The number of aromatic nitrogens is 1. The van der Waals surface area contributed by atoms with Gasteiger partial charge >= 0.3 is 0 Å². The molecular formula is C10H12F2N2O2S. The van der Waals surface area contributed by atoms with Gasteiger partial charge in [0.15, 0.2) is 0 Å². The maximum Gasteiger partial charge on any atom is 0.265 e. The number of rotatable bonds is 5. The summed E-state index contributed by atoms with van der Waals surface area (Å²) in [4.78, 5) is 15.6. The van der Waals surface area contributed by atoms with Crippen molar-refractivity contribution in [3.05, 3.63) is 23.9 Å². The minimum absolute atomic E-state index is 0.307. The first-order valence-electron chi connectivity index (χ1n) is 4.79. The zero-order valence-corrected chi connectivity index (χ0v) is 9.88. The molecule has 1 amide bonds. The number of carbonyl (C=O) groups is 1. The Balaban J connectivity index is 2.64. The van der Waals surface area contributed by atoms with Crippen molar-refractivity contribution in [1.82, 2.24) is 10.3 Å². The number of aliphatic hydroxyl groups excluding tert-OH is 1. The van der Waals surface area contributed by atoms with Crippen LogP contribution in [-0.2, 0) is 0 Å². The lowest BCUT2D eigenvalue weighted by molar-refractivity contribution is -0.00272. The lowest BCUT2D eigenvalue weighted by Gasteiger charge is -2.11. The molecule has 0 aliphatic rings. The fourth-order valence-electron chi connectivity index (χ4n) is 1.11. The second kappa shape index (κ2) is 6.51. The molecule has 0 radical (unpaired) electrons. The highest BCUT2D eigenvalue weighted by Crippen LogP contribution is 2.16. The topological polar surface area (TPSA) is 62.2 Å². The van der Waals surface area contributed by atoms with Crippen molar-refractivity contribution >= 4 is 17.7 Å². The van der Waals surface area contributed by atoms with Crippen molar-refractivity contribution in [2.45, 2.75) is 17.6 Å². The van der Waals surface area contributed by atoms with E-state index in [2.05, 4.69) is 10.3 Å². The molecule has 0 saturated carbocycles. The molecule has 0 aromatic carbocycles. The average Bonchev–Trinajstić information content (AvgIpc) is 2.35. The van der Waals surface area contributed by atoms with E-state index < -0.39 is 25.0 Å². The Morgan fingerprint density at radius 1 is 1.65 bits per heavy atom. The SMILES string of the molecule is CSc1ncccc1C(=O)NCC(O)C(F)F. The minimum atomic E-state index is -2.87. The van der Waals surface area contributed by atoms with E-state index in [0.29, 0.717) is 10.6 Å². The van der Waals surface area contributed by atoms with Gasteiger partial charge in [-0.15, -0.1) is 11.8 Å². The normalized spacial score (nSPS) is 12.5. The minimum Gasteiger partial charge on any atom is -0.385 e. The van der Waals surface area contributed by atoms with E-state index in [9.17, 15) is 13.6 Å². The largest absolute Gasteiger partial charge is 0.385 e. The van der Waals surface area contributed by atoms with E-state index in [1.807, 2.05) is 0 Å². The van der Waals surface area contributed by atoms with Gasteiger partial charge in [-0.3, -0.25) is 4.79 Å². The van der Waals surface area contributed by atoms with Gasteiger partial charge in [0.05, 0.1) is 5.56 Å². The van der Waals surface area contributed by atoms with Crippen LogP contribution in [0.15, 0.2) is 23.4 Å². The van der Waals surface area contributed by atoms with E-state index >= 15 is 0 Å². The summed E-state index contributed by atoms with van der Waals surface area (Å²) in [5, 5.41) is 11.6. The predicted molar refractivity (Wildman–Crippen MR) is 60.4 cm³/mol. The smallest absolute Gasteiger partial charge is 0.265 e. The maximum atomic E-state index is 12.0. The summed E-state index contributed by atoms with van der Waals surface area (Å²) in [6.45, 7) is -0.487. The average molecular weight is 262 g/mol. The molecule has 1 rings (SSSR count). The molecule has 0 aliphatic heterocycles. The van der Waals surface area contributed by atoms with Gasteiger partial charge < -0.3 is 10.4 Å². The lowest BCUT2D eigenvalue weighted by atomic mass is 10.2. The third kappa shape index (κ3) is 3.94. The van der Waals surface area contributed by atoms with Crippen molar-refractivity contribution in [3.8, 4) is 0 Å². The van der Waals surface area contributed by atoms with Crippen LogP contribution in [0.3, 0.4) is 0 Å². The Morgan fingerprint density at radius 2 is 2.35 bits per heavy atom. The number of nitrogens with zero attached hydrogens (tertiary/aromatic N) is 1. The number of alkyl halides is 2. The molecule has 0 aliphatic carbocycles. The van der Waals surface area contributed by atoms with E-state index in [1.54, 1.807) is 18.4 Å². The lowest BCUT2D eigenvalue weighted by Crippen LogP contribution is -2.36. The summed E-state index contributed by atoms with van der Waals surface area (Å²) in [7, 11) is 0. The molecule has 0 saturated heterocycles. The van der Waals surface area contributed by atoms with E-state index in [0.717, 1.165) is 0 Å². The molecule has 0 bridgehead atoms. The van der Waals surface area contributed by atoms with Gasteiger partial charge in [0.25, 0.3) is 12.3 Å². The summed E-state index contributed by atoms with van der Waals surface area (Å²) in [5.74, 6) is -0.526. The van der Waals surface area contributed by atoms with Crippen LogP contribution in [0.5, 0.6) is 0 Å². The quantitative estimate of drug-likeness (QED) is 0.782. The first kappa shape index (κ1) is 13.9. The van der Waals surface area contributed by atoms with Crippen molar-refractivity contribution in [2.75, 3.05) is 12.8 Å². The number of pyridine rings is 1. The summed E-state index contributed by atoms with van der Waals surface area (Å²) < 4.78 is 24.0. The third-order valence-corrected chi connectivity index (χ3v) is 2.68. The Bertz CT molecular complexity index is 390. The summed E-state index contributed by atoms with van der Waals surface area (Å²) in [6.07, 6.45) is -1.43. The van der Waals surface area contributed by atoms with Crippen LogP contribution >= 0.6 is 11.8 Å². The van der Waals surface area contributed by atoms with Crippen molar-refractivity contribution in [3.63, 3.8) is 0 Å². The maximum absolute atomic E-state index is 12.0. The van der Waals surface area contributed by atoms with Gasteiger partial charge in [-0.1, -0.05) is 0 Å². The first-order valence-corrected chi connectivity index (χ1v) is 6.02. The number of carbonyl (C=O) groups excluding carboxylic acids is 1. The second-order valence-electron chi connectivity index (χ2n) is 3.17. The number of amides is 1. The Kier molecular flexibility index (Phi) is 5.30. The number of thioether (sulfide) groups is 1. The van der Waals surface area contributed by atoms with Crippen LogP contribution < -0.4 is 5.32 Å². The van der Waals surface area contributed by atoms with Gasteiger partial charge in [0.2, 0.25) is 0 Å². The zero-order chi connectivity index (χ0) is 12.8. The Morgan fingerprint density at radius 3 is 2.94 bits per heavy atom. The summed E-state index contributed by atoms with van der Waals surface area (Å²) in [5.41, 5.74) is 0.307. The predicted octanol–water partition coefficient (Wildman–Crippen LogP) is 1.16. The standard InChI is InChI=1S/C10H12F2N2O2S/c1-17-10-6(3-2-4-13-10)9(16)14-5-7(15)8(11)12/h2-4,7-8,15H,5H2,1H3,(H,14,16). The molecule has 2 N–H and O–H groups in total. The van der Waals surface area contributed by atoms with Crippen LogP contribution in [0.4, 0.5) is 8.78 Å². The zero-order valence-electron chi connectivity index (χ0n) is 9.06. The van der Waals surface area contributed by atoms with Gasteiger partial charge in [-0.05, 0) is 18.4 Å². The van der Waals surface area contributed by atoms with Gasteiger partial charge in [0, 0.05) is 12.7 Å². The summed E-state index contributed by atoms with van der Waals surface area (Å²) >= 11 is 1.28. The van der Waals surface area contributed by atoms with Crippen LogP contribution in [0.2, 0.25) is 0 Å². The molecule has 17 heavy (non-hydrogen) atoms. The van der Waals surface area contributed by atoms with Crippen LogP contribution in [-0.4, -0.2) is 41.3 Å². The monoisotopic (exact) mass is 262 g/mol. The molecular weight excluding hydrogens is 250 g/mol. The van der Waals surface area contributed by atoms with Crippen molar-refractivity contribution in [2.24, 2.45) is 0 Å². The fraction of sp³-hybridized carbons (Fsp3) is 0.400. The number of aliphatic hydroxyl groups is 1. The molecule has 1 aromatic heterocycles. The molecule has 0 fully saturated rings. The van der Waals surface area contributed by atoms with E-state index in [-0.39, 0.29) is 0 Å². The van der Waals surface area contributed by atoms with Crippen LogP contribution in [0, 0.1) is 0 Å². The molecule has 4 nitrogen and oxygen atoms in total. The Labute approximate surface area is 101 Å². The molecule has 1 atom stereocenters. The van der Waals surface area contributed by atoms with Crippen molar-refractivity contribution < 1.29 is 18.7 Å². The molecule has 7 heteroatoms. The molecule has 1 unspecified atom stereocenters. The highest BCUT2D eigenvalue weighted by atomic mass is 32.2. The number of hydrogen-bond acceptors (Lipinski definition) is 4. The van der Waals surface area contributed by atoms with Gasteiger partial charge in [0.1, 0.15) is 11.1 Å². The second-order valence-corrected chi connectivity index (χ2v) is 3.97. The van der Waals surface area contributed by atoms with Gasteiger partial charge in [-0.2, -0.15) is 0 Å². The van der Waals surface area contributed by atoms with E-state index in [4.69, 9.17) is 5.11 Å². The molecule has 0 spiro atoms. The molecule has 94 valence electrons. The molecule has 1 aromatic rings. The fourth-order valence-corrected chi connectivity index (χ4v) is 1.65. The highest BCUT2D eigenvalue weighted by molar-refractivity contribution is 7.98. The first-order chi connectivity index (χ1) is 8.06. The number of nitrogens with one attached hydrogen (secondary N) is 1. The van der Waals surface area contributed by atoms with Crippen LogP contribution in [0.1, 0.15) is 10.4 Å². The number of hydrogen-bond donors (Lipinski definition) is 2. The Hall–Kier alpha value is -1.21. The third-order valence-electron chi connectivity index (χ3n) is 1.97. The molecule has 1 heterocycles. The highest BCUT2D eigenvalue weighted by Gasteiger charge is 2.18. The van der Waals surface area contributed by atoms with Crippen molar-refractivity contribution in [1.29, 1.82) is 0 Å². The van der Waals surface area contributed by atoms with E-state index in [1.165, 1.54) is 18.0 Å². The van der Waals surface area contributed by atoms with Gasteiger partial charge in [-0.25, -0.2) is 13.8 Å². The summed E-state index contributed by atoms with van der Waals surface area (Å²) in [6, 6.07) is 3.13.